The van der Waals surface area contributed by atoms with E-state index in [1.807, 2.05) is 30.3 Å². The molecule has 0 aliphatic carbocycles. The van der Waals surface area contributed by atoms with Crippen LogP contribution in [0.3, 0.4) is 0 Å². The summed E-state index contributed by atoms with van der Waals surface area (Å²) >= 11 is 12.7. The quantitative estimate of drug-likeness (QED) is 0.142. The number of ether oxygens (including phenoxy) is 1. The summed E-state index contributed by atoms with van der Waals surface area (Å²) in [6, 6.07) is 22.6. The highest BCUT2D eigenvalue weighted by atomic mass is 35.5. The van der Waals surface area contributed by atoms with Crippen LogP contribution in [-0.4, -0.2) is 60.1 Å². The van der Waals surface area contributed by atoms with Crippen molar-refractivity contribution in [1.29, 1.82) is 0 Å². The Morgan fingerprint density at radius 2 is 1.77 bits per heavy atom. The van der Waals surface area contributed by atoms with Crippen molar-refractivity contribution in [1.82, 2.24) is 35.7 Å². The third kappa shape index (κ3) is 9.19. The first kappa shape index (κ1) is 32.7. The lowest BCUT2D eigenvalue weighted by atomic mass is 10.00. The molecule has 3 aromatic carbocycles. The molecule has 1 atom stereocenters. The molecule has 1 unspecified atom stereocenters. The maximum atomic E-state index is 13.3. The fourth-order valence-electron chi connectivity index (χ4n) is 4.49. The fraction of sp³-hybridized carbons (Fsp3) is 0.125. The van der Waals surface area contributed by atoms with Gasteiger partial charge < -0.3 is 15.2 Å². The van der Waals surface area contributed by atoms with E-state index in [2.05, 4.69) is 36.4 Å². The van der Waals surface area contributed by atoms with Crippen LogP contribution in [0.1, 0.15) is 29.3 Å². The molecule has 2 aromatic heterocycles. The number of carbonyl (C=O) groups is 3. The molecule has 15 heteroatoms. The van der Waals surface area contributed by atoms with E-state index in [0.29, 0.717) is 45.2 Å². The van der Waals surface area contributed by atoms with Gasteiger partial charge in [-0.2, -0.15) is 9.78 Å². The molecule has 238 valence electrons. The standard InChI is InChI=1S/C32H26Cl2N8O5/c33-23-9-12-28(42-19-35-40-41-42)22(17-23)8-13-29(43)37-26(16-20-4-2-1-3-5-20)27-18-25(31(34)39-38-27)21-6-10-24(11-7-21)36-32(46)47-15-14-30(44)45/h1-13,17-19,26H,14-16H2,(H,36,46)(H,37,43)(H,44,45)/b13-8+. The molecule has 0 fully saturated rings. The van der Waals surface area contributed by atoms with E-state index >= 15 is 0 Å². The summed E-state index contributed by atoms with van der Waals surface area (Å²) in [6.45, 7) is -0.251. The highest BCUT2D eigenvalue weighted by molar-refractivity contribution is 6.32. The Balaban J connectivity index is 1.36. The first-order chi connectivity index (χ1) is 22.7. The molecule has 0 bridgehead atoms. The molecule has 3 N–H and O–H groups in total. The molecule has 0 spiro atoms. The van der Waals surface area contributed by atoms with Gasteiger partial charge in [-0.15, -0.1) is 10.2 Å². The van der Waals surface area contributed by atoms with E-state index in [4.69, 9.17) is 33.0 Å². The number of aliphatic carboxylic acids is 1. The van der Waals surface area contributed by atoms with Crippen molar-refractivity contribution in [2.75, 3.05) is 11.9 Å². The van der Waals surface area contributed by atoms with Crippen LogP contribution in [0.25, 0.3) is 22.9 Å². The zero-order valence-electron chi connectivity index (χ0n) is 24.5. The van der Waals surface area contributed by atoms with Gasteiger partial charge >= 0.3 is 12.1 Å². The van der Waals surface area contributed by atoms with Crippen molar-refractivity contribution in [3.05, 3.63) is 118 Å². The summed E-state index contributed by atoms with van der Waals surface area (Å²) in [5.74, 6) is -1.46. The first-order valence-corrected chi connectivity index (χ1v) is 14.9. The first-order valence-electron chi connectivity index (χ1n) is 14.1. The number of aromatic nitrogens is 6. The second kappa shape index (κ2) is 15.6. The van der Waals surface area contributed by atoms with Crippen molar-refractivity contribution in [2.24, 2.45) is 0 Å². The summed E-state index contributed by atoms with van der Waals surface area (Å²) in [4.78, 5) is 35.9. The third-order valence-corrected chi connectivity index (χ3v) is 7.23. The van der Waals surface area contributed by atoms with Gasteiger partial charge in [-0.25, -0.2) is 4.79 Å². The minimum Gasteiger partial charge on any atom is -0.481 e. The van der Waals surface area contributed by atoms with Crippen molar-refractivity contribution >= 4 is 52.9 Å². The number of amides is 2. The van der Waals surface area contributed by atoms with Crippen LogP contribution in [0.5, 0.6) is 0 Å². The predicted octanol–water partition coefficient (Wildman–Crippen LogP) is 5.56. The molecule has 47 heavy (non-hydrogen) atoms. The number of benzene rings is 3. The third-order valence-electron chi connectivity index (χ3n) is 6.71. The smallest absolute Gasteiger partial charge is 0.411 e. The molecular weight excluding hydrogens is 647 g/mol. The highest BCUT2D eigenvalue weighted by Gasteiger charge is 2.19. The number of carbonyl (C=O) groups excluding carboxylic acids is 2. The van der Waals surface area contributed by atoms with Crippen LogP contribution < -0.4 is 10.6 Å². The maximum absolute atomic E-state index is 13.3. The number of tetrazole rings is 1. The van der Waals surface area contributed by atoms with Gasteiger partial charge in [0, 0.05) is 27.9 Å². The normalized spacial score (nSPS) is 11.6. The number of rotatable bonds is 12. The second-order valence-corrected chi connectivity index (χ2v) is 10.8. The summed E-state index contributed by atoms with van der Waals surface area (Å²) in [7, 11) is 0. The lowest BCUT2D eigenvalue weighted by Crippen LogP contribution is -2.29. The minimum absolute atomic E-state index is 0.142. The predicted molar refractivity (Wildman–Crippen MR) is 174 cm³/mol. The average Bonchev–Trinajstić information content (AvgIpc) is 3.60. The topological polar surface area (TPSA) is 174 Å². The van der Waals surface area contributed by atoms with E-state index in [0.717, 1.165) is 5.56 Å². The number of carboxylic acids is 1. The Bertz CT molecular complexity index is 1890. The van der Waals surface area contributed by atoms with Gasteiger partial charge in [0.05, 0.1) is 23.8 Å². The van der Waals surface area contributed by atoms with Gasteiger partial charge in [-0.1, -0.05) is 65.7 Å². The maximum Gasteiger partial charge on any atom is 0.411 e. The summed E-state index contributed by atoms with van der Waals surface area (Å²) in [5, 5.41) is 34.6. The number of carboxylic acid groups (broad SMARTS) is 1. The molecule has 0 saturated heterocycles. The zero-order chi connectivity index (χ0) is 33.2. The second-order valence-electron chi connectivity index (χ2n) is 10.00. The number of nitrogens with one attached hydrogen (secondary N) is 2. The number of halogens is 2. The number of nitrogens with zero attached hydrogens (tertiary/aromatic N) is 6. The summed E-state index contributed by atoms with van der Waals surface area (Å²) in [5.41, 5.74) is 4.35. The minimum atomic E-state index is -1.07. The Labute approximate surface area is 278 Å². The van der Waals surface area contributed by atoms with Crippen molar-refractivity contribution in [2.45, 2.75) is 18.9 Å². The molecule has 0 radical (unpaired) electrons. The van der Waals surface area contributed by atoms with Crippen LogP contribution >= 0.6 is 23.2 Å². The van der Waals surface area contributed by atoms with Gasteiger partial charge in [-0.05, 0) is 70.4 Å². The molecule has 0 aliphatic heterocycles. The van der Waals surface area contributed by atoms with Crippen LogP contribution in [0.15, 0.2) is 91.3 Å². The Kier molecular flexibility index (Phi) is 10.8. The molecule has 13 nitrogen and oxygen atoms in total. The van der Waals surface area contributed by atoms with Crippen molar-refractivity contribution in [3.8, 4) is 16.8 Å². The van der Waals surface area contributed by atoms with Crippen LogP contribution in [0.2, 0.25) is 10.2 Å². The Hall–Kier alpha value is -5.66. The zero-order valence-corrected chi connectivity index (χ0v) is 26.0. The summed E-state index contributed by atoms with van der Waals surface area (Å²) in [6.07, 6.45) is 3.79. The molecule has 5 aromatic rings. The van der Waals surface area contributed by atoms with E-state index in [1.165, 1.54) is 17.1 Å². The fourth-order valence-corrected chi connectivity index (χ4v) is 4.87. The molecule has 5 rings (SSSR count). The van der Waals surface area contributed by atoms with Gasteiger partial charge in [0.2, 0.25) is 5.91 Å². The summed E-state index contributed by atoms with van der Waals surface area (Å²) < 4.78 is 6.33. The van der Waals surface area contributed by atoms with E-state index in [9.17, 15) is 14.4 Å². The number of hydrogen-bond donors (Lipinski definition) is 3. The Morgan fingerprint density at radius 1 is 0.979 bits per heavy atom. The van der Waals surface area contributed by atoms with Crippen LogP contribution in [0.4, 0.5) is 10.5 Å². The largest absolute Gasteiger partial charge is 0.481 e. The van der Waals surface area contributed by atoms with Gasteiger partial charge in [0.1, 0.15) is 12.9 Å². The van der Waals surface area contributed by atoms with Crippen molar-refractivity contribution in [3.63, 3.8) is 0 Å². The lowest BCUT2D eigenvalue weighted by Gasteiger charge is -2.18. The van der Waals surface area contributed by atoms with Gasteiger partial charge in [0.25, 0.3) is 0 Å². The number of hydrogen-bond acceptors (Lipinski definition) is 9. The van der Waals surface area contributed by atoms with Gasteiger partial charge in [-0.3, -0.25) is 14.9 Å². The van der Waals surface area contributed by atoms with Crippen LogP contribution in [-0.2, 0) is 20.7 Å². The average molecular weight is 674 g/mol. The van der Waals surface area contributed by atoms with Crippen molar-refractivity contribution < 1.29 is 24.2 Å². The highest BCUT2D eigenvalue weighted by Crippen LogP contribution is 2.30. The molecule has 0 saturated carbocycles. The molecule has 2 heterocycles. The number of anilines is 1. The van der Waals surface area contributed by atoms with Gasteiger partial charge in [0.15, 0.2) is 5.15 Å². The van der Waals surface area contributed by atoms with E-state index in [-0.39, 0.29) is 18.2 Å². The van der Waals surface area contributed by atoms with E-state index < -0.39 is 24.0 Å². The Morgan fingerprint density at radius 3 is 2.49 bits per heavy atom. The SMILES string of the molecule is O=C(O)CCOC(=O)Nc1ccc(-c2cc(C(Cc3ccccc3)NC(=O)/C=C/c3cc(Cl)ccc3-n3cnnn3)nnc2Cl)cc1. The van der Waals surface area contributed by atoms with E-state index in [1.54, 1.807) is 54.6 Å². The van der Waals surface area contributed by atoms with Crippen LogP contribution in [0, 0.1) is 0 Å². The molecule has 2 amide bonds. The lowest BCUT2D eigenvalue weighted by molar-refractivity contribution is -0.137. The molecule has 0 aliphatic rings. The monoisotopic (exact) mass is 672 g/mol. The molecular formula is C32H26Cl2N8O5.